The van der Waals surface area contributed by atoms with Crippen LogP contribution in [-0.2, 0) is 0 Å². The van der Waals surface area contributed by atoms with Crippen molar-refractivity contribution in [2.75, 3.05) is 0 Å². The van der Waals surface area contributed by atoms with Gasteiger partial charge in [-0.05, 0) is 49.4 Å². The molecule has 0 aliphatic rings. The molecule has 0 radical (unpaired) electrons. The van der Waals surface area contributed by atoms with Crippen molar-refractivity contribution in [1.29, 1.82) is 0 Å². The van der Waals surface area contributed by atoms with Crippen molar-refractivity contribution in [3.63, 3.8) is 0 Å². The van der Waals surface area contributed by atoms with E-state index in [1.165, 1.54) is 0 Å². The second-order valence-corrected chi connectivity index (χ2v) is 4.77. The average molecular weight is 287 g/mol. The van der Waals surface area contributed by atoms with Crippen LogP contribution in [0.5, 0.6) is 0 Å². The number of hydrogen-bond donors (Lipinski definition) is 0. The molecule has 0 amide bonds. The lowest BCUT2D eigenvalue weighted by Crippen LogP contribution is -1.96. The quantitative estimate of drug-likeness (QED) is 0.686. The number of halogens is 1. The minimum absolute atomic E-state index is 0.315. The Bertz CT molecular complexity index is 757. The standard InChI is InChI=1S/C15H11ClN2O2/c1-10-8-15(16)18(17-10)12-4-2-11(3-5-12)14-7-6-13(9-19)20-14/h2-9H,1H3. The monoisotopic (exact) mass is 286 g/mol. The molecule has 100 valence electrons. The third-order valence-corrected chi connectivity index (χ3v) is 3.20. The molecule has 5 heteroatoms. The zero-order valence-electron chi connectivity index (χ0n) is 10.7. The molecular weight excluding hydrogens is 276 g/mol. The van der Waals surface area contributed by atoms with Gasteiger partial charge in [0, 0.05) is 5.56 Å². The lowest BCUT2D eigenvalue weighted by atomic mass is 10.1. The van der Waals surface area contributed by atoms with Gasteiger partial charge in [-0.3, -0.25) is 4.79 Å². The third kappa shape index (κ3) is 2.26. The predicted octanol–water partition coefficient (Wildman–Crippen LogP) is 3.91. The topological polar surface area (TPSA) is 48.0 Å². The molecule has 4 nitrogen and oxygen atoms in total. The number of aldehydes is 1. The van der Waals surface area contributed by atoms with Gasteiger partial charge in [0.25, 0.3) is 0 Å². The minimum atomic E-state index is 0.315. The van der Waals surface area contributed by atoms with Crippen molar-refractivity contribution in [3.8, 4) is 17.0 Å². The Hall–Kier alpha value is -2.33. The van der Waals surface area contributed by atoms with Crippen molar-refractivity contribution in [3.05, 3.63) is 59.1 Å². The number of aryl methyl sites for hydroxylation is 1. The normalized spacial score (nSPS) is 10.7. The highest BCUT2D eigenvalue weighted by Crippen LogP contribution is 2.24. The van der Waals surface area contributed by atoms with Crippen molar-refractivity contribution in [1.82, 2.24) is 9.78 Å². The Morgan fingerprint density at radius 3 is 2.50 bits per heavy atom. The lowest BCUT2D eigenvalue weighted by Gasteiger charge is -2.04. The van der Waals surface area contributed by atoms with E-state index in [0.717, 1.165) is 16.9 Å². The molecule has 2 heterocycles. The summed E-state index contributed by atoms with van der Waals surface area (Å²) in [6.45, 7) is 1.89. The van der Waals surface area contributed by atoms with Crippen molar-refractivity contribution in [2.24, 2.45) is 0 Å². The van der Waals surface area contributed by atoms with Gasteiger partial charge in [-0.15, -0.1) is 0 Å². The van der Waals surface area contributed by atoms with Crippen LogP contribution in [0, 0.1) is 6.92 Å². The van der Waals surface area contributed by atoms with Crippen LogP contribution in [0.25, 0.3) is 17.0 Å². The molecule has 0 fully saturated rings. The van der Waals surface area contributed by atoms with Gasteiger partial charge in [-0.25, -0.2) is 4.68 Å². The molecule has 0 atom stereocenters. The van der Waals surface area contributed by atoms with Gasteiger partial charge in [-0.2, -0.15) is 5.10 Å². The summed E-state index contributed by atoms with van der Waals surface area (Å²) in [5.74, 6) is 0.969. The molecule has 0 unspecified atom stereocenters. The SMILES string of the molecule is Cc1cc(Cl)n(-c2ccc(-c3ccc(C=O)o3)cc2)n1. The number of carbonyl (C=O) groups excluding carboxylic acids is 1. The molecule has 20 heavy (non-hydrogen) atoms. The van der Waals surface area contributed by atoms with Crippen LogP contribution in [0.4, 0.5) is 0 Å². The van der Waals surface area contributed by atoms with E-state index in [1.54, 1.807) is 22.9 Å². The molecule has 0 aliphatic carbocycles. The zero-order valence-corrected chi connectivity index (χ0v) is 11.5. The number of furan rings is 1. The summed E-state index contributed by atoms with van der Waals surface area (Å²) >= 11 is 6.10. The Morgan fingerprint density at radius 2 is 1.95 bits per heavy atom. The lowest BCUT2D eigenvalue weighted by molar-refractivity contribution is 0.110. The second kappa shape index (κ2) is 4.98. The van der Waals surface area contributed by atoms with E-state index in [4.69, 9.17) is 16.0 Å². The fourth-order valence-electron chi connectivity index (χ4n) is 1.99. The van der Waals surface area contributed by atoms with Crippen LogP contribution >= 0.6 is 11.6 Å². The molecule has 0 saturated carbocycles. The molecule has 3 rings (SSSR count). The van der Waals surface area contributed by atoms with E-state index >= 15 is 0 Å². The van der Waals surface area contributed by atoms with Crippen molar-refractivity contribution >= 4 is 17.9 Å². The van der Waals surface area contributed by atoms with Gasteiger partial charge in [-0.1, -0.05) is 11.6 Å². The Balaban J connectivity index is 1.95. The van der Waals surface area contributed by atoms with E-state index in [1.807, 2.05) is 31.2 Å². The highest BCUT2D eigenvalue weighted by Gasteiger charge is 2.07. The summed E-state index contributed by atoms with van der Waals surface area (Å²) in [6.07, 6.45) is 0.685. The summed E-state index contributed by atoms with van der Waals surface area (Å²) in [5.41, 5.74) is 2.62. The summed E-state index contributed by atoms with van der Waals surface area (Å²) in [4.78, 5) is 10.6. The third-order valence-electron chi connectivity index (χ3n) is 2.93. The van der Waals surface area contributed by atoms with Gasteiger partial charge < -0.3 is 4.42 Å². The van der Waals surface area contributed by atoms with Crippen molar-refractivity contribution < 1.29 is 9.21 Å². The number of rotatable bonds is 3. The van der Waals surface area contributed by atoms with E-state index in [2.05, 4.69) is 5.10 Å². The Kier molecular flexibility index (Phi) is 3.16. The number of benzene rings is 1. The fourth-order valence-corrected chi connectivity index (χ4v) is 2.28. The Morgan fingerprint density at radius 1 is 1.20 bits per heavy atom. The first-order valence-corrected chi connectivity index (χ1v) is 6.43. The molecular formula is C15H11ClN2O2. The molecule has 0 saturated heterocycles. The van der Waals surface area contributed by atoms with Crippen LogP contribution < -0.4 is 0 Å². The van der Waals surface area contributed by atoms with Gasteiger partial charge >= 0.3 is 0 Å². The van der Waals surface area contributed by atoms with Crippen LogP contribution in [0.3, 0.4) is 0 Å². The van der Waals surface area contributed by atoms with Crippen LogP contribution in [0.1, 0.15) is 16.2 Å². The van der Waals surface area contributed by atoms with E-state index in [9.17, 15) is 4.79 Å². The first-order chi connectivity index (χ1) is 9.67. The Labute approximate surface area is 120 Å². The smallest absolute Gasteiger partial charge is 0.185 e. The van der Waals surface area contributed by atoms with Gasteiger partial charge in [0.2, 0.25) is 0 Å². The zero-order chi connectivity index (χ0) is 14.1. The largest absolute Gasteiger partial charge is 0.453 e. The maximum atomic E-state index is 10.6. The first kappa shape index (κ1) is 12.7. The van der Waals surface area contributed by atoms with Crippen LogP contribution in [-0.4, -0.2) is 16.1 Å². The van der Waals surface area contributed by atoms with Gasteiger partial charge in [0.15, 0.2) is 12.0 Å². The number of aromatic nitrogens is 2. The van der Waals surface area contributed by atoms with E-state index < -0.39 is 0 Å². The molecule has 2 aromatic heterocycles. The average Bonchev–Trinajstić information content (AvgIpc) is 3.05. The van der Waals surface area contributed by atoms with E-state index in [-0.39, 0.29) is 0 Å². The summed E-state index contributed by atoms with van der Waals surface area (Å²) < 4.78 is 7.04. The van der Waals surface area contributed by atoms with Crippen LogP contribution in [0.2, 0.25) is 5.15 Å². The molecule has 0 aliphatic heterocycles. The highest BCUT2D eigenvalue weighted by molar-refractivity contribution is 6.29. The van der Waals surface area contributed by atoms with E-state index in [0.29, 0.717) is 23.0 Å². The minimum Gasteiger partial charge on any atom is -0.453 e. The van der Waals surface area contributed by atoms with Crippen LogP contribution in [0.15, 0.2) is 46.9 Å². The number of nitrogens with zero attached hydrogens (tertiary/aromatic N) is 2. The molecule has 0 spiro atoms. The highest BCUT2D eigenvalue weighted by atomic mass is 35.5. The van der Waals surface area contributed by atoms with Gasteiger partial charge in [0.1, 0.15) is 10.9 Å². The summed E-state index contributed by atoms with van der Waals surface area (Å²) in [7, 11) is 0. The summed E-state index contributed by atoms with van der Waals surface area (Å²) in [6, 6.07) is 12.8. The number of hydrogen-bond acceptors (Lipinski definition) is 3. The maximum absolute atomic E-state index is 10.6. The molecule has 0 N–H and O–H groups in total. The molecule has 0 bridgehead atoms. The predicted molar refractivity (Wildman–Crippen MR) is 76.4 cm³/mol. The number of carbonyl (C=O) groups is 1. The molecule has 1 aromatic carbocycles. The van der Waals surface area contributed by atoms with Crippen molar-refractivity contribution in [2.45, 2.75) is 6.92 Å². The summed E-state index contributed by atoms with van der Waals surface area (Å²) in [5, 5.41) is 4.88. The second-order valence-electron chi connectivity index (χ2n) is 4.39. The molecule has 3 aromatic rings. The van der Waals surface area contributed by atoms with Gasteiger partial charge in [0.05, 0.1) is 11.4 Å². The first-order valence-electron chi connectivity index (χ1n) is 6.05. The fraction of sp³-hybridized carbons (Fsp3) is 0.0667. The maximum Gasteiger partial charge on any atom is 0.185 e.